The molecule has 1 aliphatic rings. The molecule has 0 bridgehead atoms. The van der Waals surface area contributed by atoms with E-state index < -0.39 is 0 Å². The number of carbonyl (C=O) groups excluding carboxylic acids is 1. The normalized spacial score (nSPS) is 14.5. The number of hydrogen-bond donors (Lipinski definition) is 0. The second-order valence-electron chi connectivity index (χ2n) is 3.39. The Kier molecular flexibility index (Phi) is 2.95. The number of carbonyl (C=O) groups is 1. The maximum absolute atomic E-state index is 11.3. The van der Waals surface area contributed by atoms with Crippen molar-refractivity contribution < 1.29 is 14.3 Å². The van der Waals surface area contributed by atoms with Crippen LogP contribution >= 0.6 is 15.9 Å². The predicted molar refractivity (Wildman–Crippen MR) is 59.8 cm³/mol. The monoisotopic (exact) mass is 270 g/mol. The molecule has 80 valence electrons. The van der Waals surface area contributed by atoms with Crippen LogP contribution in [0.5, 0.6) is 11.5 Å². The van der Waals surface area contributed by atoms with Crippen molar-refractivity contribution in [2.24, 2.45) is 0 Å². The Labute approximate surface area is 96.5 Å². The summed E-state index contributed by atoms with van der Waals surface area (Å²) in [7, 11) is 0. The molecule has 1 aromatic rings. The summed E-state index contributed by atoms with van der Waals surface area (Å²) < 4.78 is 11.7. The maximum Gasteiger partial charge on any atom is 0.162 e. The lowest BCUT2D eigenvalue weighted by Crippen LogP contribution is -1.98. The lowest BCUT2D eigenvalue weighted by atomic mass is 10.1. The number of ketones is 1. The van der Waals surface area contributed by atoms with E-state index in [1.54, 1.807) is 12.1 Å². The molecule has 0 radical (unpaired) electrons. The second kappa shape index (κ2) is 4.23. The Bertz CT molecular complexity index is 401. The fourth-order valence-electron chi connectivity index (χ4n) is 1.45. The summed E-state index contributed by atoms with van der Waals surface area (Å²) in [6.07, 6.45) is 0.863. The molecule has 0 saturated heterocycles. The third-order valence-corrected chi connectivity index (χ3v) is 2.87. The number of benzene rings is 1. The molecular weight excluding hydrogens is 260 g/mol. The summed E-state index contributed by atoms with van der Waals surface area (Å²) in [6, 6.07) is 3.52. The molecule has 3 nitrogen and oxygen atoms in total. The highest BCUT2D eigenvalue weighted by Gasteiger charge is 2.15. The molecule has 0 atom stereocenters. The number of ether oxygens (including phenoxy) is 2. The molecule has 0 aromatic heterocycles. The Morgan fingerprint density at radius 1 is 1.27 bits per heavy atom. The smallest absolute Gasteiger partial charge is 0.162 e. The molecule has 1 heterocycles. The van der Waals surface area contributed by atoms with Crippen LogP contribution in [-0.2, 0) is 0 Å². The number of rotatable bonds is 1. The summed E-state index contributed by atoms with van der Waals surface area (Å²) in [5.41, 5.74) is 0.624. The van der Waals surface area contributed by atoms with E-state index in [9.17, 15) is 4.79 Å². The van der Waals surface area contributed by atoms with Gasteiger partial charge in [-0.2, -0.15) is 0 Å². The van der Waals surface area contributed by atoms with E-state index in [1.807, 2.05) is 0 Å². The van der Waals surface area contributed by atoms with Crippen LogP contribution in [0.4, 0.5) is 0 Å². The highest BCUT2D eigenvalue weighted by atomic mass is 79.9. The average molecular weight is 271 g/mol. The van der Waals surface area contributed by atoms with Gasteiger partial charge in [-0.1, -0.05) is 0 Å². The molecule has 0 spiro atoms. The molecule has 1 aromatic carbocycles. The largest absolute Gasteiger partial charge is 0.490 e. The van der Waals surface area contributed by atoms with E-state index in [0.717, 1.165) is 10.9 Å². The minimum Gasteiger partial charge on any atom is -0.490 e. The van der Waals surface area contributed by atoms with E-state index >= 15 is 0 Å². The van der Waals surface area contributed by atoms with Gasteiger partial charge in [0.15, 0.2) is 17.3 Å². The fourth-order valence-corrected chi connectivity index (χ4v) is 2.06. The zero-order chi connectivity index (χ0) is 10.8. The molecule has 0 N–H and O–H groups in total. The molecular formula is C11H11BrO3. The van der Waals surface area contributed by atoms with E-state index in [1.165, 1.54) is 6.92 Å². The first-order valence-corrected chi connectivity index (χ1v) is 5.58. The summed E-state index contributed by atoms with van der Waals surface area (Å²) in [5, 5.41) is 0. The SMILES string of the molecule is CC(=O)c1cc2c(cc1Br)OCCCO2. The van der Waals surface area contributed by atoms with Crippen molar-refractivity contribution in [3.05, 3.63) is 22.2 Å². The van der Waals surface area contributed by atoms with Gasteiger partial charge in [0.05, 0.1) is 13.2 Å². The van der Waals surface area contributed by atoms with Crippen molar-refractivity contribution in [1.82, 2.24) is 0 Å². The van der Waals surface area contributed by atoms with Crippen LogP contribution < -0.4 is 9.47 Å². The first kappa shape index (κ1) is 10.5. The van der Waals surface area contributed by atoms with E-state index in [0.29, 0.717) is 30.3 Å². The van der Waals surface area contributed by atoms with Gasteiger partial charge in [0.1, 0.15) is 0 Å². The minimum atomic E-state index is 0.0116. The van der Waals surface area contributed by atoms with Gasteiger partial charge in [-0.05, 0) is 35.0 Å². The summed E-state index contributed by atoms with van der Waals surface area (Å²) in [5.74, 6) is 1.36. The van der Waals surface area contributed by atoms with Gasteiger partial charge in [-0.25, -0.2) is 0 Å². The third kappa shape index (κ3) is 2.15. The zero-order valence-electron chi connectivity index (χ0n) is 8.38. The molecule has 4 heteroatoms. The van der Waals surface area contributed by atoms with Crippen LogP contribution in [0.1, 0.15) is 23.7 Å². The molecule has 0 unspecified atom stereocenters. The summed E-state index contributed by atoms with van der Waals surface area (Å²) in [6.45, 7) is 2.81. The van der Waals surface area contributed by atoms with Crippen molar-refractivity contribution >= 4 is 21.7 Å². The van der Waals surface area contributed by atoms with Gasteiger partial charge in [-0.15, -0.1) is 0 Å². The van der Waals surface area contributed by atoms with Crippen molar-refractivity contribution in [2.75, 3.05) is 13.2 Å². The Hall–Kier alpha value is -1.03. The van der Waals surface area contributed by atoms with Crippen molar-refractivity contribution in [3.63, 3.8) is 0 Å². The lowest BCUT2D eigenvalue weighted by molar-refractivity contribution is 0.101. The number of Topliss-reactive ketones (excluding diaryl/α,β-unsaturated/α-hetero) is 1. The Morgan fingerprint density at radius 2 is 1.87 bits per heavy atom. The van der Waals surface area contributed by atoms with E-state index in [-0.39, 0.29) is 5.78 Å². The van der Waals surface area contributed by atoms with Crippen LogP contribution in [0.15, 0.2) is 16.6 Å². The van der Waals surface area contributed by atoms with Crippen LogP contribution in [0.25, 0.3) is 0 Å². The second-order valence-corrected chi connectivity index (χ2v) is 4.24. The lowest BCUT2D eigenvalue weighted by Gasteiger charge is -2.09. The molecule has 0 saturated carbocycles. The quantitative estimate of drug-likeness (QED) is 0.737. The van der Waals surface area contributed by atoms with Crippen LogP contribution in [-0.4, -0.2) is 19.0 Å². The molecule has 0 aliphatic carbocycles. The number of hydrogen-bond acceptors (Lipinski definition) is 3. The highest BCUT2D eigenvalue weighted by Crippen LogP contribution is 2.35. The average Bonchev–Trinajstić information content (AvgIpc) is 2.40. The summed E-state index contributed by atoms with van der Waals surface area (Å²) in [4.78, 5) is 11.3. The molecule has 15 heavy (non-hydrogen) atoms. The number of halogens is 1. The van der Waals surface area contributed by atoms with Gasteiger partial charge in [0.2, 0.25) is 0 Å². The van der Waals surface area contributed by atoms with Crippen molar-refractivity contribution in [3.8, 4) is 11.5 Å². The van der Waals surface area contributed by atoms with Gasteiger partial charge < -0.3 is 9.47 Å². The zero-order valence-corrected chi connectivity index (χ0v) is 9.96. The molecule has 0 fully saturated rings. The number of fused-ring (bicyclic) bond motifs is 1. The standard InChI is InChI=1S/C11H11BrO3/c1-7(13)8-5-10-11(6-9(8)12)15-4-2-3-14-10/h5-6H,2-4H2,1H3. The van der Waals surface area contributed by atoms with Gasteiger partial charge in [0.25, 0.3) is 0 Å². The fraction of sp³-hybridized carbons (Fsp3) is 0.364. The molecule has 0 amide bonds. The Balaban J connectivity index is 2.47. The highest BCUT2D eigenvalue weighted by molar-refractivity contribution is 9.10. The van der Waals surface area contributed by atoms with E-state index in [2.05, 4.69) is 15.9 Å². The van der Waals surface area contributed by atoms with Crippen LogP contribution in [0.2, 0.25) is 0 Å². The van der Waals surface area contributed by atoms with Crippen molar-refractivity contribution in [1.29, 1.82) is 0 Å². The van der Waals surface area contributed by atoms with Gasteiger partial charge in [-0.3, -0.25) is 4.79 Å². The minimum absolute atomic E-state index is 0.0116. The predicted octanol–water partition coefficient (Wildman–Crippen LogP) is 2.81. The first-order chi connectivity index (χ1) is 7.18. The van der Waals surface area contributed by atoms with Gasteiger partial charge >= 0.3 is 0 Å². The Morgan fingerprint density at radius 3 is 2.47 bits per heavy atom. The van der Waals surface area contributed by atoms with Crippen LogP contribution in [0, 0.1) is 0 Å². The van der Waals surface area contributed by atoms with Crippen LogP contribution in [0.3, 0.4) is 0 Å². The maximum atomic E-state index is 11.3. The first-order valence-electron chi connectivity index (χ1n) is 4.78. The molecule has 2 rings (SSSR count). The topological polar surface area (TPSA) is 35.5 Å². The summed E-state index contributed by atoms with van der Waals surface area (Å²) >= 11 is 3.35. The van der Waals surface area contributed by atoms with E-state index in [4.69, 9.17) is 9.47 Å². The van der Waals surface area contributed by atoms with Gasteiger partial charge in [0, 0.05) is 16.5 Å². The molecule has 1 aliphatic heterocycles. The third-order valence-electron chi connectivity index (χ3n) is 2.22. The van der Waals surface area contributed by atoms with Crippen molar-refractivity contribution in [2.45, 2.75) is 13.3 Å².